The number of amides is 1. The van der Waals surface area contributed by atoms with Crippen LogP contribution in [-0.4, -0.2) is 34.2 Å². The number of nitrogen functional groups attached to an aromatic ring is 1. The number of nitrogens with zero attached hydrogens (tertiary/aromatic N) is 1. The van der Waals surface area contributed by atoms with E-state index in [1.165, 1.54) is 18.7 Å². The largest absolute Gasteiger partial charge is 0.399 e. The summed E-state index contributed by atoms with van der Waals surface area (Å²) in [5, 5.41) is 9.56. The molecule has 1 unspecified atom stereocenters. The molecule has 0 aliphatic carbocycles. The van der Waals surface area contributed by atoms with Gasteiger partial charge in [-0.05, 0) is 37.6 Å². The number of rotatable bonds is 3. The van der Waals surface area contributed by atoms with Crippen LogP contribution in [0.15, 0.2) is 18.2 Å². The SMILES string of the molecule is CC(C)(O)C(F)CN1Cc2cc(N)ccc2C1=O. The molecule has 0 saturated heterocycles. The highest BCUT2D eigenvalue weighted by Crippen LogP contribution is 2.26. The lowest BCUT2D eigenvalue weighted by atomic mass is 10.0. The Kier molecular flexibility index (Phi) is 3.02. The Balaban J connectivity index is 2.14. The molecule has 4 nitrogen and oxygen atoms in total. The van der Waals surface area contributed by atoms with E-state index in [0.29, 0.717) is 17.8 Å². The first kappa shape index (κ1) is 12.8. The summed E-state index contributed by atoms with van der Waals surface area (Å²) in [6.45, 7) is 3.01. The van der Waals surface area contributed by atoms with Gasteiger partial charge in [-0.2, -0.15) is 0 Å². The van der Waals surface area contributed by atoms with Crippen LogP contribution in [0, 0.1) is 0 Å². The van der Waals surface area contributed by atoms with Crippen LogP contribution in [-0.2, 0) is 6.54 Å². The minimum absolute atomic E-state index is 0.114. The van der Waals surface area contributed by atoms with Crippen LogP contribution >= 0.6 is 0 Å². The maximum absolute atomic E-state index is 13.8. The number of benzene rings is 1. The van der Waals surface area contributed by atoms with Gasteiger partial charge in [-0.3, -0.25) is 4.79 Å². The zero-order chi connectivity index (χ0) is 13.5. The van der Waals surface area contributed by atoms with E-state index in [1.54, 1.807) is 18.2 Å². The Bertz CT molecular complexity index is 482. The molecule has 3 N–H and O–H groups in total. The quantitative estimate of drug-likeness (QED) is 0.798. The van der Waals surface area contributed by atoms with Crippen LogP contribution in [0.1, 0.15) is 29.8 Å². The third-order valence-corrected chi connectivity index (χ3v) is 3.16. The van der Waals surface area contributed by atoms with Gasteiger partial charge in [0, 0.05) is 17.8 Å². The van der Waals surface area contributed by atoms with Gasteiger partial charge in [0.25, 0.3) is 5.91 Å². The highest BCUT2D eigenvalue weighted by Gasteiger charge is 2.34. The molecule has 0 spiro atoms. The smallest absolute Gasteiger partial charge is 0.254 e. The van der Waals surface area contributed by atoms with Crippen molar-refractivity contribution in [2.24, 2.45) is 0 Å². The van der Waals surface area contributed by atoms with E-state index >= 15 is 0 Å². The lowest BCUT2D eigenvalue weighted by molar-refractivity contribution is -0.0159. The number of alkyl halides is 1. The lowest BCUT2D eigenvalue weighted by Gasteiger charge is -2.26. The number of nitrogens with two attached hydrogens (primary N) is 1. The van der Waals surface area contributed by atoms with Crippen molar-refractivity contribution in [3.05, 3.63) is 29.3 Å². The molecule has 1 atom stereocenters. The highest BCUT2D eigenvalue weighted by atomic mass is 19.1. The van der Waals surface area contributed by atoms with E-state index in [0.717, 1.165) is 5.56 Å². The Morgan fingerprint density at radius 3 is 2.83 bits per heavy atom. The molecular weight excluding hydrogens is 235 g/mol. The second-order valence-corrected chi connectivity index (χ2v) is 5.22. The van der Waals surface area contributed by atoms with Crippen molar-refractivity contribution < 1.29 is 14.3 Å². The molecule has 1 aliphatic rings. The van der Waals surface area contributed by atoms with Crippen LogP contribution in [0.3, 0.4) is 0 Å². The van der Waals surface area contributed by atoms with Crippen LogP contribution in [0.5, 0.6) is 0 Å². The van der Waals surface area contributed by atoms with Gasteiger partial charge in [0.1, 0.15) is 6.17 Å². The van der Waals surface area contributed by atoms with Crippen LogP contribution in [0.4, 0.5) is 10.1 Å². The van der Waals surface area contributed by atoms with Crippen molar-refractivity contribution >= 4 is 11.6 Å². The number of hydrogen-bond acceptors (Lipinski definition) is 3. The van der Waals surface area contributed by atoms with Gasteiger partial charge in [-0.15, -0.1) is 0 Å². The second-order valence-electron chi connectivity index (χ2n) is 5.22. The number of anilines is 1. The maximum atomic E-state index is 13.8. The summed E-state index contributed by atoms with van der Waals surface area (Å²) in [5.41, 5.74) is 6.15. The first-order valence-electron chi connectivity index (χ1n) is 5.83. The molecule has 1 heterocycles. The van der Waals surface area contributed by atoms with Crippen molar-refractivity contribution in [2.75, 3.05) is 12.3 Å². The first-order chi connectivity index (χ1) is 8.29. The molecule has 0 bridgehead atoms. The van der Waals surface area contributed by atoms with Crippen molar-refractivity contribution in [3.8, 4) is 0 Å². The fourth-order valence-electron chi connectivity index (χ4n) is 1.97. The Hall–Kier alpha value is -1.62. The van der Waals surface area contributed by atoms with Gasteiger partial charge in [-0.25, -0.2) is 4.39 Å². The third-order valence-electron chi connectivity index (χ3n) is 3.16. The molecular formula is C13H17FN2O2. The second kappa shape index (κ2) is 4.24. The normalized spacial score (nSPS) is 16.9. The summed E-state index contributed by atoms with van der Waals surface area (Å²) in [6.07, 6.45) is -1.48. The summed E-state index contributed by atoms with van der Waals surface area (Å²) >= 11 is 0. The molecule has 0 radical (unpaired) electrons. The highest BCUT2D eigenvalue weighted by molar-refractivity contribution is 5.98. The fourth-order valence-corrected chi connectivity index (χ4v) is 1.97. The predicted molar refractivity (Wildman–Crippen MR) is 66.8 cm³/mol. The summed E-state index contributed by atoms with van der Waals surface area (Å²) in [4.78, 5) is 13.4. The van der Waals surface area contributed by atoms with Crippen LogP contribution in [0.25, 0.3) is 0 Å². The van der Waals surface area contributed by atoms with Gasteiger partial charge < -0.3 is 15.7 Å². The summed E-state index contributed by atoms with van der Waals surface area (Å²) < 4.78 is 13.8. The van der Waals surface area contributed by atoms with Crippen molar-refractivity contribution in [3.63, 3.8) is 0 Å². The molecule has 98 valence electrons. The molecule has 1 aliphatic heterocycles. The Labute approximate surface area is 105 Å². The number of hydrogen-bond donors (Lipinski definition) is 2. The Morgan fingerprint density at radius 2 is 2.22 bits per heavy atom. The van der Waals surface area contributed by atoms with E-state index in [1.807, 2.05) is 0 Å². The molecule has 18 heavy (non-hydrogen) atoms. The minimum Gasteiger partial charge on any atom is -0.399 e. The topological polar surface area (TPSA) is 66.6 Å². The molecule has 0 fully saturated rings. The summed E-state index contributed by atoms with van der Waals surface area (Å²) in [5.74, 6) is -0.211. The molecule has 1 aromatic rings. The fraction of sp³-hybridized carbons (Fsp3) is 0.462. The van der Waals surface area contributed by atoms with Gasteiger partial charge in [0.05, 0.1) is 12.1 Å². The van der Waals surface area contributed by atoms with Crippen molar-refractivity contribution in [1.29, 1.82) is 0 Å². The minimum atomic E-state index is -1.48. The standard InChI is InChI=1S/C13H17FN2O2/c1-13(2,18)11(14)7-16-6-8-5-9(15)3-4-10(8)12(16)17/h3-5,11,18H,6-7,15H2,1-2H3. The number of fused-ring (bicyclic) bond motifs is 1. The summed E-state index contributed by atoms with van der Waals surface area (Å²) in [6, 6.07) is 5.04. The average Bonchev–Trinajstić information content (AvgIpc) is 2.54. The lowest BCUT2D eigenvalue weighted by Crippen LogP contribution is -2.42. The van der Waals surface area contributed by atoms with E-state index in [4.69, 9.17) is 5.73 Å². The molecule has 0 saturated carbocycles. The zero-order valence-corrected chi connectivity index (χ0v) is 10.5. The van der Waals surface area contributed by atoms with Gasteiger partial charge in [-0.1, -0.05) is 0 Å². The van der Waals surface area contributed by atoms with Crippen molar-refractivity contribution in [1.82, 2.24) is 4.90 Å². The van der Waals surface area contributed by atoms with E-state index in [9.17, 15) is 14.3 Å². The molecule has 2 rings (SSSR count). The molecule has 0 aromatic heterocycles. The average molecular weight is 252 g/mol. The van der Waals surface area contributed by atoms with Gasteiger partial charge >= 0.3 is 0 Å². The van der Waals surface area contributed by atoms with E-state index in [-0.39, 0.29) is 12.5 Å². The van der Waals surface area contributed by atoms with Crippen LogP contribution in [0.2, 0.25) is 0 Å². The predicted octanol–water partition coefficient (Wildman–Crippen LogP) is 1.33. The summed E-state index contributed by atoms with van der Waals surface area (Å²) in [7, 11) is 0. The molecule has 1 amide bonds. The third kappa shape index (κ3) is 2.31. The zero-order valence-electron chi connectivity index (χ0n) is 10.5. The number of carbonyl (C=O) groups is 1. The van der Waals surface area contributed by atoms with Gasteiger partial charge in [0.2, 0.25) is 0 Å². The van der Waals surface area contributed by atoms with E-state index < -0.39 is 11.8 Å². The molecule has 1 aromatic carbocycles. The Morgan fingerprint density at radius 1 is 1.56 bits per heavy atom. The monoisotopic (exact) mass is 252 g/mol. The number of aliphatic hydroxyl groups is 1. The first-order valence-corrected chi connectivity index (χ1v) is 5.83. The maximum Gasteiger partial charge on any atom is 0.254 e. The molecule has 5 heteroatoms. The van der Waals surface area contributed by atoms with E-state index in [2.05, 4.69) is 0 Å². The van der Waals surface area contributed by atoms with Crippen LogP contribution < -0.4 is 5.73 Å². The number of carbonyl (C=O) groups excluding carboxylic acids is 1. The number of halogens is 1. The van der Waals surface area contributed by atoms with Crippen molar-refractivity contribution in [2.45, 2.75) is 32.2 Å². The van der Waals surface area contributed by atoms with Gasteiger partial charge in [0.15, 0.2) is 0 Å².